The minimum atomic E-state index is 0.829. The SMILES string of the molecule is C[C@H]1CCCC[C@H]1c1ccccc1. The van der Waals surface area contributed by atoms with Gasteiger partial charge in [-0.25, -0.2) is 0 Å². The van der Waals surface area contributed by atoms with Crippen LogP contribution in [0.2, 0.25) is 0 Å². The summed E-state index contributed by atoms with van der Waals surface area (Å²) < 4.78 is 0. The highest BCUT2D eigenvalue weighted by atomic mass is 14.3. The Morgan fingerprint density at radius 1 is 1.00 bits per heavy atom. The molecule has 0 aromatic heterocycles. The van der Waals surface area contributed by atoms with Crippen molar-refractivity contribution in [3.8, 4) is 0 Å². The summed E-state index contributed by atoms with van der Waals surface area (Å²) in [6, 6.07) is 11.0. The highest BCUT2D eigenvalue weighted by Gasteiger charge is 2.22. The van der Waals surface area contributed by atoms with E-state index in [1.165, 1.54) is 25.7 Å². The molecule has 1 aromatic carbocycles. The van der Waals surface area contributed by atoms with E-state index in [1.807, 2.05) is 0 Å². The van der Waals surface area contributed by atoms with Gasteiger partial charge in [-0.1, -0.05) is 56.5 Å². The fourth-order valence-corrected chi connectivity index (χ4v) is 2.51. The number of hydrogen-bond donors (Lipinski definition) is 0. The van der Waals surface area contributed by atoms with Crippen LogP contribution < -0.4 is 0 Å². The predicted molar refractivity (Wildman–Crippen MR) is 56.8 cm³/mol. The van der Waals surface area contributed by atoms with Crippen LogP contribution in [0, 0.1) is 5.92 Å². The van der Waals surface area contributed by atoms with Crippen molar-refractivity contribution in [2.24, 2.45) is 5.92 Å². The smallest absolute Gasteiger partial charge is 0.0136 e. The van der Waals surface area contributed by atoms with Crippen molar-refractivity contribution in [1.29, 1.82) is 0 Å². The lowest BCUT2D eigenvalue weighted by Crippen LogP contribution is -2.14. The number of hydrogen-bond acceptors (Lipinski definition) is 0. The van der Waals surface area contributed by atoms with Gasteiger partial charge >= 0.3 is 0 Å². The molecule has 0 heteroatoms. The molecule has 13 heavy (non-hydrogen) atoms. The van der Waals surface area contributed by atoms with E-state index >= 15 is 0 Å². The molecule has 0 radical (unpaired) electrons. The zero-order valence-corrected chi connectivity index (χ0v) is 8.37. The fourth-order valence-electron chi connectivity index (χ4n) is 2.51. The van der Waals surface area contributed by atoms with Crippen LogP contribution in [-0.4, -0.2) is 0 Å². The second-order valence-corrected chi connectivity index (χ2v) is 4.28. The molecular weight excluding hydrogens is 156 g/mol. The molecule has 0 aliphatic heterocycles. The van der Waals surface area contributed by atoms with Gasteiger partial charge in [-0.15, -0.1) is 0 Å². The van der Waals surface area contributed by atoms with Crippen LogP contribution in [0.4, 0.5) is 0 Å². The summed E-state index contributed by atoms with van der Waals surface area (Å²) >= 11 is 0. The minimum Gasteiger partial charge on any atom is -0.0622 e. The Bertz CT molecular complexity index is 250. The summed E-state index contributed by atoms with van der Waals surface area (Å²) in [5, 5.41) is 0. The van der Waals surface area contributed by atoms with E-state index in [1.54, 1.807) is 5.56 Å². The van der Waals surface area contributed by atoms with Crippen molar-refractivity contribution in [1.82, 2.24) is 0 Å². The summed E-state index contributed by atoms with van der Waals surface area (Å²) in [5.74, 6) is 1.71. The molecule has 0 unspecified atom stereocenters. The predicted octanol–water partition coefficient (Wildman–Crippen LogP) is 3.98. The van der Waals surface area contributed by atoms with Crippen LogP contribution >= 0.6 is 0 Å². The van der Waals surface area contributed by atoms with Crippen molar-refractivity contribution in [3.63, 3.8) is 0 Å². The Morgan fingerprint density at radius 2 is 1.69 bits per heavy atom. The molecule has 1 aliphatic carbocycles. The lowest BCUT2D eigenvalue weighted by Gasteiger charge is -2.29. The molecule has 0 nitrogen and oxygen atoms in total. The van der Waals surface area contributed by atoms with Gasteiger partial charge in [-0.05, 0) is 23.8 Å². The largest absolute Gasteiger partial charge is 0.0622 e. The van der Waals surface area contributed by atoms with E-state index in [4.69, 9.17) is 0 Å². The summed E-state index contributed by atoms with van der Waals surface area (Å²) in [4.78, 5) is 0. The van der Waals surface area contributed by atoms with Crippen molar-refractivity contribution >= 4 is 0 Å². The van der Waals surface area contributed by atoms with Crippen molar-refractivity contribution in [3.05, 3.63) is 35.9 Å². The molecule has 1 saturated carbocycles. The molecule has 0 spiro atoms. The second-order valence-electron chi connectivity index (χ2n) is 4.28. The Kier molecular flexibility index (Phi) is 2.68. The molecule has 0 amide bonds. The highest BCUT2D eigenvalue weighted by Crippen LogP contribution is 2.36. The lowest BCUT2D eigenvalue weighted by atomic mass is 9.76. The van der Waals surface area contributed by atoms with E-state index in [-0.39, 0.29) is 0 Å². The molecule has 0 heterocycles. The Morgan fingerprint density at radius 3 is 2.38 bits per heavy atom. The Hall–Kier alpha value is -0.780. The zero-order valence-electron chi connectivity index (χ0n) is 8.37. The van der Waals surface area contributed by atoms with E-state index < -0.39 is 0 Å². The maximum absolute atomic E-state index is 2.40. The van der Waals surface area contributed by atoms with Crippen LogP contribution in [0.5, 0.6) is 0 Å². The van der Waals surface area contributed by atoms with Gasteiger partial charge in [0.15, 0.2) is 0 Å². The Balaban J connectivity index is 2.15. The van der Waals surface area contributed by atoms with Crippen LogP contribution in [-0.2, 0) is 0 Å². The second kappa shape index (κ2) is 3.95. The third kappa shape index (κ3) is 1.93. The van der Waals surface area contributed by atoms with Crippen molar-refractivity contribution in [2.75, 3.05) is 0 Å². The molecule has 0 N–H and O–H groups in total. The van der Waals surface area contributed by atoms with Gasteiger partial charge in [0.2, 0.25) is 0 Å². The lowest BCUT2D eigenvalue weighted by molar-refractivity contribution is 0.330. The molecule has 1 aromatic rings. The first kappa shape index (κ1) is 8.80. The van der Waals surface area contributed by atoms with Gasteiger partial charge in [-0.2, -0.15) is 0 Å². The summed E-state index contributed by atoms with van der Waals surface area (Å²) in [6.45, 7) is 2.40. The first-order chi connectivity index (χ1) is 6.38. The summed E-state index contributed by atoms with van der Waals surface area (Å²) in [7, 11) is 0. The first-order valence-corrected chi connectivity index (χ1v) is 5.43. The first-order valence-electron chi connectivity index (χ1n) is 5.43. The van der Waals surface area contributed by atoms with E-state index in [9.17, 15) is 0 Å². The van der Waals surface area contributed by atoms with Gasteiger partial charge in [-0.3, -0.25) is 0 Å². The maximum atomic E-state index is 2.40. The number of rotatable bonds is 1. The minimum absolute atomic E-state index is 0.829. The molecular formula is C13H18. The third-order valence-electron chi connectivity index (χ3n) is 3.34. The fraction of sp³-hybridized carbons (Fsp3) is 0.538. The topological polar surface area (TPSA) is 0 Å². The molecule has 0 bridgehead atoms. The number of benzene rings is 1. The normalized spacial score (nSPS) is 28.7. The molecule has 1 fully saturated rings. The standard InChI is InChI=1S/C13H18/c1-11-7-5-6-10-13(11)12-8-3-2-4-9-12/h2-4,8-9,11,13H,5-7,10H2,1H3/t11-,13+/m0/s1. The monoisotopic (exact) mass is 174 g/mol. The van der Waals surface area contributed by atoms with Crippen molar-refractivity contribution < 1.29 is 0 Å². The van der Waals surface area contributed by atoms with Crippen LogP contribution in [0.3, 0.4) is 0 Å². The van der Waals surface area contributed by atoms with E-state index in [0.29, 0.717) is 0 Å². The van der Waals surface area contributed by atoms with Crippen LogP contribution in [0.15, 0.2) is 30.3 Å². The van der Waals surface area contributed by atoms with Gasteiger partial charge in [0.1, 0.15) is 0 Å². The molecule has 2 atom stereocenters. The van der Waals surface area contributed by atoms with Gasteiger partial charge in [0.25, 0.3) is 0 Å². The van der Waals surface area contributed by atoms with Gasteiger partial charge in [0, 0.05) is 0 Å². The zero-order chi connectivity index (χ0) is 9.10. The highest BCUT2D eigenvalue weighted by molar-refractivity contribution is 5.20. The summed E-state index contributed by atoms with van der Waals surface area (Å²) in [5.41, 5.74) is 1.55. The van der Waals surface area contributed by atoms with Gasteiger partial charge < -0.3 is 0 Å². The van der Waals surface area contributed by atoms with Gasteiger partial charge in [0.05, 0.1) is 0 Å². The average Bonchev–Trinajstić information content (AvgIpc) is 2.20. The van der Waals surface area contributed by atoms with Crippen molar-refractivity contribution in [2.45, 2.75) is 38.5 Å². The van der Waals surface area contributed by atoms with Crippen LogP contribution in [0.25, 0.3) is 0 Å². The van der Waals surface area contributed by atoms with E-state index in [0.717, 1.165) is 11.8 Å². The molecule has 2 rings (SSSR count). The molecule has 70 valence electrons. The average molecular weight is 174 g/mol. The summed E-state index contributed by atoms with van der Waals surface area (Å²) in [6.07, 6.45) is 5.67. The molecule has 0 saturated heterocycles. The third-order valence-corrected chi connectivity index (χ3v) is 3.34. The van der Waals surface area contributed by atoms with E-state index in [2.05, 4.69) is 37.3 Å². The maximum Gasteiger partial charge on any atom is -0.0136 e. The molecule has 1 aliphatic rings. The quantitative estimate of drug-likeness (QED) is 0.604. The van der Waals surface area contributed by atoms with Crippen LogP contribution in [0.1, 0.15) is 44.1 Å². The Labute approximate surface area is 81.0 Å².